The third-order valence-corrected chi connectivity index (χ3v) is 7.23. The summed E-state index contributed by atoms with van der Waals surface area (Å²) in [6, 6.07) is 21.4. The summed E-state index contributed by atoms with van der Waals surface area (Å²) < 4.78 is 65.2. The normalized spacial score (nSPS) is 13.1. The molecule has 0 spiro atoms. The summed E-state index contributed by atoms with van der Waals surface area (Å²) in [6.07, 6.45) is -2.92. The lowest BCUT2D eigenvalue weighted by Crippen LogP contribution is -2.38. The Balaban J connectivity index is 1.62. The second-order valence-corrected chi connectivity index (χ2v) is 9.71. The van der Waals surface area contributed by atoms with Gasteiger partial charge in [-0.1, -0.05) is 60.7 Å². The molecule has 1 N–H and O–H groups in total. The number of carbonyl (C=O) groups excluding carboxylic acids is 1. The average Bonchev–Trinajstić information content (AvgIpc) is 3.19. The molecule has 1 amide bonds. The van der Waals surface area contributed by atoms with Crippen LogP contribution in [0.15, 0.2) is 90.0 Å². The van der Waals surface area contributed by atoms with Crippen molar-refractivity contribution in [1.82, 2.24) is 9.29 Å². The third kappa shape index (κ3) is 4.70. The molecule has 0 saturated carbocycles. The highest BCUT2D eigenvalue weighted by molar-refractivity contribution is 7.90. The first-order valence-corrected chi connectivity index (χ1v) is 11.9. The molecule has 0 aliphatic heterocycles. The summed E-state index contributed by atoms with van der Waals surface area (Å²) in [6.45, 7) is 1.47. The van der Waals surface area contributed by atoms with Gasteiger partial charge in [-0.25, -0.2) is 12.4 Å². The lowest BCUT2D eigenvalue weighted by atomic mass is 10.0. The zero-order valence-electron chi connectivity index (χ0n) is 18.1. The molecule has 0 unspecified atom stereocenters. The van der Waals surface area contributed by atoms with E-state index in [2.05, 4.69) is 0 Å². The predicted molar refractivity (Wildman–Crippen MR) is 123 cm³/mol. The molecule has 0 radical (unpaired) electrons. The van der Waals surface area contributed by atoms with Crippen LogP contribution in [0.4, 0.5) is 13.2 Å². The largest absolute Gasteiger partial charge is 0.471 e. The fraction of sp³-hybridized carbons (Fsp3) is 0.160. The molecule has 0 saturated heterocycles. The molecule has 4 rings (SSSR count). The van der Waals surface area contributed by atoms with Crippen molar-refractivity contribution in [1.29, 1.82) is 0 Å². The molecule has 4 aromatic rings. The quantitative estimate of drug-likeness (QED) is 0.407. The maximum atomic E-state index is 13.2. The summed E-state index contributed by atoms with van der Waals surface area (Å²) in [5.41, 5.74) is 2.72. The third-order valence-electron chi connectivity index (χ3n) is 5.54. The first-order valence-electron chi connectivity index (χ1n) is 10.4. The number of alkyl halides is 3. The van der Waals surface area contributed by atoms with Gasteiger partial charge in [-0.15, -0.1) is 0 Å². The first kappa shape index (κ1) is 23.6. The number of amides is 1. The van der Waals surface area contributed by atoms with E-state index in [-0.39, 0.29) is 4.90 Å². The average molecular weight is 487 g/mol. The number of nitrogens with one attached hydrogen (secondary N) is 1. The van der Waals surface area contributed by atoms with Crippen LogP contribution in [0.2, 0.25) is 0 Å². The summed E-state index contributed by atoms with van der Waals surface area (Å²) in [5.74, 6) is -1.99. The van der Waals surface area contributed by atoms with E-state index in [0.717, 1.165) is 16.5 Å². The number of para-hydroxylation sites is 1. The molecule has 3 aromatic carbocycles. The van der Waals surface area contributed by atoms with E-state index in [4.69, 9.17) is 0 Å². The van der Waals surface area contributed by atoms with Gasteiger partial charge in [-0.2, -0.15) is 13.2 Å². The monoisotopic (exact) mass is 486 g/mol. The van der Waals surface area contributed by atoms with Gasteiger partial charge in [-0.3, -0.25) is 4.79 Å². The van der Waals surface area contributed by atoms with Gasteiger partial charge in [0.1, 0.15) is 0 Å². The molecule has 0 bridgehead atoms. The number of hydrogen-bond acceptors (Lipinski definition) is 3. The highest BCUT2D eigenvalue weighted by Gasteiger charge is 2.39. The van der Waals surface area contributed by atoms with Crippen molar-refractivity contribution in [2.24, 2.45) is 0 Å². The van der Waals surface area contributed by atoms with E-state index < -0.39 is 28.1 Å². The van der Waals surface area contributed by atoms with Gasteiger partial charge < -0.3 is 5.32 Å². The van der Waals surface area contributed by atoms with Crippen LogP contribution in [0.5, 0.6) is 0 Å². The number of benzene rings is 3. The molecule has 176 valence electrons. The van der Waals surface area contributed by atoms with E-state index >= 15 is 0 Å². The fourth-order valence-electron chi connectivity index (χ4n) is 3.77. The number of carbonyl (C=O) groups is 1. The molecular weight excluding hydrogens is 465 g/mol. The van der Waals surface area contributed by atoms with Crippen LogP contribution in [-0.4, -0.2) is 24.5 Å². The Kier molecular flexibility index (Phi) is 6.22. The Morgan fingerprint density at radius 3 is 2.21 bits per heavy atom. The Morgan fingerprint density at radius 2 is 1.56 bits per heavy atom. The van der Waals surface area contributed by atoms with Crippen molar-refractivity contribution in [3.05, 3.63) is 102 Å². The molecule has 0 aliphatic carbocycles. The fourth-order valence-corrected chi connectivity index (χ4v) is 5.18. The number of rotatable bonds is 6. The van der Waals surface area contributed by atoms with E-state index in [0.29, 0.717) is 17.5 Å². The Morgan fingerprint density at radius 1 is 0.941 bits per heavy atom. The van der Waals surface area contributed by atoms with Gasteiger partial charge in [0.05, 0.1) is 16.5 Å². The molecule has 9 heteroatoms. The first-order chi connectivity index (χ1) is 16.1. The second kappa shape index (κ2) is 8.98. The minimum absolute atomic E-state index is 0.182. The molecule has 0 fully saturated rings. The van der Waals surface area contributed by atoms with Crippen molar-refractivity contribution in [3.63, 3.8) is 0 Å². The van der Waals surface area contributed by atoms with Gasteiger partial charge in [0.2, 0.25) is 0 Å². The van der Waals surface area contributed by atoms with Gasteiger partial charge in [0.15, 0.2) is 0 Å². The van der Waals surface area contributed by atoms with E-state index in [1.165, 1.54) is 10.9 Å². The Hall–Kier alpha value is -3.59. The van der Waals surface area contributed by atoms with Crippen LogP contribution in [0.25, 0.3) is 10.9 Å². The van der Waals surface area contributed by atoms with Crippen LogP contribution < -0.4 is 5.32 Å². The summed E-state index contributed by atoms with van der Waals surface area (Å²) in [4.78, 5) is 11.4. The number of nitrogens with zero attached hydrogens (tertiary/aromatic N) is 1. The lowest BCUT2D eigenvalue weighted by molar-refractivity contribution is -0.174. The van der Waals surface area contributed by atoms with Crippen LogP contribution in [0.3, 0.4) is 0 Å². The maximum Gasteiger partial charge on any atom is 0.471 e. The van der Waals surface area contributed by atoms with Gasteiger partial charge >= 0.3 is 12.1 Å². The molecule has 0 aliphatic rings. The van der Waals surface area contributed by atoms with Crippen molar-refractivity contribution in [3.8, 4) is 0 Å². The number of aromatic nitrogens is 1. The van der Waals surface area contributed by atoms with Gasteiger partial charge in [-0.05, 0) is 48.2 Å². The highest BCUT2D eigenvalue weighted by atomic mass is 32.2. The molecule has 5 nitrogen and oxygen atoms in total. The van der Waals surface area contributed by atoms with E-state index in [1.54, 1.807) is 72.9 Å². The summed E-state index contributed by atoms with van der Waals surface area (Å²) in [7, 11) is -3.79. The zero-order chi connectivity index (χ0) is 24.5. The molecule has 1 aromatic heterocycles. The summed E-state index contributed by atoms with van der Waals surface area (Å²) in [5, 5.41) is 2.72. The molecule has 1 heterocycles. The van der Waals surface area contributed by atoms with E-state index in [9.17, 15) is 26.4 Å². The standard InChI is InChI=1S/C25H21F3N2O3S/c1-17(29-24(31)25(26,27)28)19-13-11-18(12-14-19)15-20-16-30(23-10-6-5-9-22(20)23)34(32,33)21-7-3-2-4-8-21/h2-14,16-17H,15H2,1H3,(H,29,31)/t17-/m0/s1. The zero-order valence-corrected chi connectivity index (χ0v) is 18.9. The molecule has 34 heavy (non-hydrogen) atoms. The molecule has 1 atom stereocenters. The van der Waals surface area contributed by atoms with Crippen LogP contribution in [0, 0.1) is 0 Å². The van der Waals surface area contributed by atoms with Crippen LogP contribution in [0.1, 0.15) is 29.7 Å². The Labute approximate surface area is 194 Å². The minimum atomic E-state index is -4.94. The number of hydrogen-bond donors (Lipinski definition) is 1. The lowest BCUT2D eigenvalue weighted by Gasteiger charge is -2.16. The van der Waals surface area contributed by atoms with E-state index in [1.807, 2.05) is 17.4 Å². The van der Waals surface area contributed by atoms with Crippen LogP contribution >= 0.6 is 0 Å². The van der Waals surface area contributed by atoms with Crippen molar-refractivity contribution in [2.75, 3.05) is 0 Å². The van der Waals surface area contributed by atoms with Crippen molar-refractivity contribution < 1.29 is 26.4 Å². The van der Waals surface area contributed by atoms with Gasteiger partial charge in [0.25, 0.3) is 10.0 Å². The maximum absolute atomic E-state index is 13.2. The smallest absolute Gasteiger partial charge is 0.342 e. The second-order valence-electron chi connectivity index (χ2n) is 7.90. The minimum Gasteiger partial charge on any atom is -0.342 e. The number of halogens is 3. The van der Waals surface area contributed by atoms with Gasteiger partial charge in [0, 0.05) is 11.6 Å². The van der Waals surface area contributed by atoms with Crippen LogP contribution in [-0.2, 0) is 21.2 Å². The number of fused-ring (bicyclic) bond motifs is 1. The predicted octanol–water partition coefficient (Wildman–Crippen LogP) is 5.21. The topological polar surface area (TPSA) is 68.2 Å². The van der Waals surface area contributed by atoms with Crippen molar-refractivity contribution in [2.45, 2.75) is 30.5 Å². The summed E-state index contributed by atoms with van der Waals surface area (Å²) >= 11 is 0. The highest BCUT2D eigenvalue weighted by Crippen LogP contribution is 2.28. The van der Waals surface area contributed by atoms with Crippen molar-refractivity contribution >= 4 is 26.8 Å². The SMILES string of the molecule is C[C@H](NC(=O)C(F)(F)F)c1ccc(Cc2cn(S(=O)(=O)c3ccccc3)c3ccccc23)cc1. The molecular formula is C25H21F3N2O3S. The Bertz CT molecular complexity index is 1430.